The third-order valence-electron chi connectivity index (χ3n) is 3.16. The van der Waals surface area contributed by atoms with E-state index in [-0.39, 0.29) is 6.04 Å². The Bertz CT molecular complexity index is 555. The number of benzene rings is 2. The lowest BCUT2D eigenvalue weighted by Crippen LogP contribution is -2.29. The Labute approximate surface area is 121 Å². The lowest BCUT2D eigenvalue weighted by Gasteiger charge is -2.19. The first kappa shape index (κ1) is 14.1. The van der Waals surface area contributed by atoms with Gasteiger partial charge in [0.2, 0.25) is 0 Å². The van der Waals surface area contributed by atoms with Gasteiger partial charge in [-0.1, -0.05) is 34.1 Å². The summed E-state index contributed by atoms with van der Waals surface area (Å²) < 4.78 is 6.28. The zero-order valence-corrected chi connectivity index (χ0v) is 12.6. The number of rotatable bonds is 4. The first-order chi connectivity index (χ1) is 9.15. The van der Waals surface area contributed by atoms with E-state index in [4.69, 9.17) is 10.6 Å². The van der Waals surface area contributed by atoms with Gasteiger partial charge in [-0.05, 0) is 47.9 Å². The molecule has 0 fully saturated rings. The smallest absolute Gasteiger partial charge is 0.119 e. The van der Waals surface area contributed by atoms with Crippen LogP contribution in [0.3, 0.4) is 0 Å². The molecule has 0 saturated carbocycles. The maximum atomic E-state index is 5.72. The van der Waals surface area contributed by atoms with E-state index in [1.807, 2.05) is 30.3 Å². The third-order valence-corrected chi connectivity index (χ3v) is 3.69. The average Bonchev–Trinajstić information content (AvgIpc) is 2.43. The molecule has 1 atom stereocenters. The van der Waals surface area contributed by atoms with Gasteiger partial charge in [0, 0.05) is 4.47 Å². The minimum absolute atomic E-state index is 0.0287. The van der Waals surface area contributed by atoms with Gasteiger partial charge >= 0.3 is 0 Å². The zero-order valence-electron chi connectivity index (χ0n) is 11.0. The summed E-state index contributed by atoms with van der Waals surface area (Å²) >= 11 is 3.44. The molecule has 100 valence electrons. The molecule has 2 aromatic rings. The van der Waals surface area contributed by atoms with Crippen LogP contribution in [0, 0.1) is 6.92 Å². The number of ether oxygens (including phenoxy) is 1. The molecule has 4 heteroatoms. The summed E-state index contributed by atoms with van der Waals surface area (Å²) in [6, 6.07) is 14.1. The molecule has 0 aliphatic carbocycles. The highest BCUT2D eigenvalue weighted by Gasteiger charge is 2.14. The van der Waals surface area contributed by atoms with Crippen LogP contribution < -0.4 is 16.0 Å². The molecule has 0 amide bonds. The van der Waals surface area contributed by atoms with Gasteiger partial charge in [-0.15, -0.1) is 0 Å². The predicted molar refractivity (Wildman–Crippen MR) is 81.0 cm³/mol. The minimum Gasteiger partial charge on any atom is -0.497 e. The van der Waals surface area contributed by atoms with Crippen LogP contribution in [-0.2, 0) is 0 Å². The standard InChI is InChI=1S/C15H17BrN2O/c1-10-9-13(19-2)7-8-14(10)15(18-17)11-3-5-12(16)6-4-11/h3-9,15,18H,17H2,1-2H3. The molecule has 2 aromatic carbocycles. The Morgan fingerprint density at radius 3 is 2.37 bits per heavy atom. The summed E-state index contributed by atoms with van der Waals surface area (Å²) in [6.45, 7) is 2.06. The van der Waals surface area contributed by atoms with Crippen molar-refractivity contribution >= 4 is 15.9 Å². The molecule has 0 radical (unpaired) electrons. The summed E-state index contributed by atoms with van der Waals surface area (Å²) in [5.74, 6) is 6.58. The monoisotopic (exact) mass is 320 g/mol. The van der Waals surface area contributed by atoms with E-state index in [9.17, 15) is 0 Å². The Kier molecular flexibility index (Phi) is 4.58. The summed E-state index contributed by atoms with van der Waals surface area (Å²) in [7, 11) is 1.67. The Balaban J connectivity index is 2.39. The van der Waals surface area contributed by atoms with E-state index >= 15 is 0 Å². The number of hydrogen-bond acceptors (Lipinski definition) is 3. The molecule has 0 bridgehead atoms. The lowest BCUT2D eigenvalue weighted by atomic mass is 9.95. The largest absolute Gasteiger partial charge is 0.497 e. The van der Waals surface area contributed by atoms with E-state index in [1.165, 1.54) is 0 Å². The van der Waals surface area contributed by atoms with Crippen LogP contribution >= 0.6 is 15.9 Å². The Morgan fingerprint density at radius 1 is 1.16 bits per heavy atom. The van der Waals surface area contributed by atoms with Crippen LogP contribution in [-0.4, -0.2) is 7.11 Å². The van der Waals surface area contributed by atoms with Crippen molar-refractivity contribution in [2.75, 3.05) is 7.11 Å². The van der Waals surface area contributed by atoms with E-state index in [1.54, 1.807) is 7.11 Å². The summed E-state index contributed by atoms with van der Waals surface area (Å²) in [6.07, 6.45) is 0. The van der Waals surface area contributed by atoms with Crippen molar-refractivity contribution in [3.05, 3.63) is 63.6 Å². The fourth-order valence-corrected chi connectivity index (χ4v) is 2.38. The van der Waals surface area contributed by atoms with Crippen molar-refractivity contribution in [3.8, 4) is 5.75 Å². The number of methoxy groups -OCH3 is 1. The van der Waals surface area contributed by atoms with Crippen LogP contribution in [0.1, 0.15) is 22.7 Å². The van der Waals surface area contributed by atoms with E-state index in [0.717, 1.165) is 26.9 Å². The maximum absolute atomic E-state index is 5.72. The molecule has 0 spiro atoms. The van der Waals surface area contributed by atoms with Gasteiger partial charge in [-0.2, -0.15) is 0 Å². The first-order valence-corrected chi connectivity index (χ1v) is 6.81. The van der Waals surface area contributed by atoms with Crippen molar-refractivity contribution in [2.24, 2.45) is 5.84 Å². The number of nitrogens with one attached hydrogen (secondary N) is 1. The number of halogens is 1. The molecule has 2 rings (SSSR count). The second-order valence-electron chi connectivity index (χ2n) is 4.37. The normalized spacial score (nSPS) is 12.2. The van der Waals surface area contributed by atoms with Crippen molar-refractivity contribution in [1.29, 1.82) is 0 Å². The maximum Gasteiger partial charge on any atom is 0.119 e. The molecule has 3 N–H and O–H groups in total. The second-order valence-corrected chi connectivity index (χ2v) is 5.29. The SMILES string of the molecule is COc1ccc(C(NN)c2ccc(Br)cc2)c(C)c1. The summed E-state index contributed by atoms with van der Waals surface area (Å²) in [5, 5.41) is 0. The van der Waals surface area contributed by atoms with Crippen LogP contribution in [0.15, 0.2) is 46.9 Å². The zero-order chi connectivity index (χ0) is 13.8. The molecule has 19 heavy (non-hydrogen) atoms. The van der Waals surface area contributed by atoms with Crippen molar-refractivity contribution in [1.82, 2.24) is 5.43 Å². The predicted octanol–water partition coefficient (Wildman–Crippen LogP) is 3.32. The van der Waals surface area contributed by atoms with Crippen molar-refractivity contribution in [2.45, 2.75) is 13.0 Å². The lowest BCUT2D eigenvalue weighted by molar-refractivity contribution is 0.414. The average molecular weight is 321 g/mol. The van der Waals surface area contributed by atoms with Gasteiger partial charge in [0.25, 0.3) is 0 Å². The number of hydrogen-bond donors (Lipinski definition) is 2. The van der Waals surface area contributed by atoms with E-state index in [0.29, 0.717) is 0 Å². The molecular weight excluding hydrogens is 304 g/mol. The highest BCUT2D eigenvalue weighted by atomic mass is 79.9. The third kappa shape index (κ3) is 3.15. The van der Waals surface area contributed by atoms with Gasteiger partial charge in [0.05, 0.1) is 13.2 Å². The number of aryl methyl sites for hydroxylation is 1. The Morgan fingerprint density at radius 2 is 1.84 bits per heavy atom. The molecule has 0 heterocycles. The van der Waals surface area contributed by atoms with Crippen molar-refractivity contribution in [3.63, 3.8) is 0 Å². The number of nitrogens with two attached hydrogens (primary N) is 1. The Hall–Kier alpha value is -1.36. The van der Waals surface area contributed by atoms with Gasteiger partial charge < -0.3 is 4.74 Å². The molecule has 0 saturated heterocycles. The number of hydrazine groups is 1. The van der Waals surface area contributed by atoms with Crippen LogP contribution in [0.4, 0.5) is 0 Å². The minimum atomic E-state index is -0.0287. The molecule has 0 aliphatic rings. The van der Waals surface area contributed by atoms with Crippen LogP contribution in [0.5, 0.6) is 5.75 Å². The van der Waals surface area contributed by atoms with Gasteiger partial charge in [-0.25, -0.2) is 5.43 Å². The van der Waals surface area contributed by atoms with E-state index < -0.39 is 0 Å². The van der Waals surface area contributed by atoms with Crippen LogP contribution in [0.25, 0.3) is 0 Å². The fraction of sp³-hybridized carbons (Fsp3) is 0.200. The highest BCUT2D eigenvalue weighted by molar-refractivity contribution is 9.10. The molecule has 3 nitrogen and oxygen atoms in total. The molecular formula is C15H17BrN2O. The fourth-order valence-electron chi connectivity index (χ4n) is 2.12. The highest BCUT2D eigenvalue weighted by Crippen LogP contribution is 2.27. The molecule has 1 unspecified atom stereocenters. The summed E-state index contributed by atoms with van der Waals surface area (Å²) in [4.78, 5) is 0. The second kappa shape index (κ2) is 6.19. The van der Waals surface area contributed by atoms with E-state index in [2.05, 4.69) is 40.4 Å². The first-order valence-electron chi connectivity index (χ1n) is 6.02. The summed E-state index contributed by atoms with van der Waals surface area (Å²) in [5.41, 5.74) is 6.29. The molecule has 0 aromatic heterocycles. The van der Waals surface area contributed by atoms with Gasteiger partial charge in [-0.3, -0.25) is 5.84 Å². The van der Waals surface area contributed by atoms with Gasteiger partial charge in [0.15, 0.2) is 0 Å². The van der Waals surface area contributed by atoms with Crippen molar-refractivity contribution < 1.29 is 4.74 Å². The quantitative estimate of drug-likeness (QED) is 0.671. The van der Waals surface area contributed by atoms with Gasteiger partial charge in [0.1, 0.15) is 5.75 Å². The molecule has 0 aliphatic heterocycles. The topological polar surface area (TPSA) is 47.3 Å². The van der Waals surface area contributed by atoms with Crippen LogP contribution in [0.2, 0.25) is 0 Å².